The molecular weight excluding hydrogens is 514 g/mol. The predicted octanol–water partition coefficient (Wildman–Crippen LogP) is 4.89. The largest absolute Gasteiger partial charge is 0.493 e. The lowest BCUT2D eigenvalue weighted by Crippen LogP contribution is -2.42. The Balaban J connectivity index is 1.65. The van der Waals surface area contributed by atoms with Crippen LogP contribution in [0, 0.1) is 0 Å². The second kappa shape index (κ2) is 12.2. The molecule has 37 heavy (non-hydrogen) atoms. The normalized spacial score (nSPS) is 14.9. The molecule has 0 fully saturated rings. The third-order valence-electron chi connectivity index (χ3n) is 6.05. The first-order chi connectivity index (χ1) is 18.0. The van der Waals surface area contributed by atoms with Gasteiger partial charge in [0.15, 0.2) is 11.5 Å². The molecule has 2 heterocycles. The van der Waals surface area contributed by atoms with E-state index in [1.165, 1.54) is 9.91 Å². The van der Waals surface area contributed by atoms with Gasteiger partial charge in [0.25, 0.3) is 11.8 Å². The number of nitrogens with zero attached hydrogens (tertiary/aromatic N) is 3. The number of halogens is 1. The van der Waals surface area contributed by atoms with Crippen LogP contribution in [-0.2, 0) is 9.53 Å². The summed E-state index contributed by atoms with van der Waals surface area (Å²) in [5.74, 6) is 0.494. The maximum absolute atomic E-state index is 13.7. The van der Waals surface area contributed by atoms with Crippen LogP contribution in [-0.4, -0.2) is 68.5 Å². The number of amides is 2. The Morgan fingerprint density at radius 3 is 2.54 bits per heavy atom. The molecular formula is C27H28ClN3O5S. The molecule has 2 aromatic carbocycles. The third-order valence-corrected chi connectivity index (χ3v) is 7.30. The van der Waals surface area contributed by atoms with Gasteiger partial charge in [0.2, 0.25) is 0 Å². The fourth-order valence-electron chi connectivity index (χ4n) is 4.15. The lowest BCUT2D eigenvalue weighted by atomic mass is 10.0. The van der Waals surface area contributed by atoms with Crippen LogP contribution >= 0.6 is 22.9 Å². The van der Waals surface area contributed by atoms with E-state index < -0.39 is 0 Å². The zero-order valence-electron chi connectivity index (χ0n) is 20.8. The van der Waals surface area contributed by atoms with Gasteiger partial charge in [-0.3, -0.25) is 9.59 Å². The van der Waals surface area contributed by atoms with Crippen molar-refractivity contribution in [3.8, 4) is 11.5 Å². The smallest absolute Gasteiger partial charge is 0.262 e. The lowest BCUT2D eigenvalue weighted by Gasteiger charge is -2.27. The van der Waals surface area contributed by atoms with Crippen LogP contribution in [0.15, 0.2) is 65.1 Å². The van der Waals surface area contributed by atoms with Crippen molar-refractivity contribution in [1.29, 1.82) is 0 Å². The summed E-state index contributed by atoms with van der Waals surface area (Å²) in [6, 6.07) is 15.9. The number of ether oxygens (including phenoxy) is 3. The van der Waals surface area contributed by atoms with Gasteiger partial charge in [-0.1, -0.05) is 35.9 Å². The first kappa shape index (κ1) is 26.7. The molecule has 1 aromatic heterocycles. The van der Waals surface area contributed by atoms with Gasteiger partial charge in [-0.25, -0.2) is 5.01 Å². The summed E-state index contributed by atoms with van der Waals surface area (Å²) >= 11 is 7.84. The van der Waals surface area contributed by atoms with Crippen molar-refractivity contribution in [2.75, 3.05) is 41.0 Å². The summed E-state index contributed by atoms with van der Waals surface area (Å²) in [6.07, 6.45) is 0.526. The van der Waals surface area contributed by atoms with Crippen molar-refractivity contribution >= 4 is 40.5 Å². The van der Waals surface area contributed by atoms with Gasteiger partial charge in [0.05, 0.1) is 48.0 Å². The van der Waals surface area contributed by atoms with Gasteiger partial charge in [0.1, 0.15) is 6.54 Å². The monoisotopic (exact) mass is 541 g/mol. The topological polar surface area (TPSA) is 80.7 Å². The molecule has 2 amide bonds. The van der Waals surface area contributed by atoms with Crippen LogP contribution in [0.25, 0.3) is 0 Å². The molecule has 0 aliphatic carbocycles. The average Bonchev–Trinajstić information content (AvgIpc) is 3.61. The lowest BCUT2D eigenvalue weighted by molar-refractivity contribution is -0.133. The minimum Gasteiger partial charge on any atom is -0.493 e. The number of carbonyl (C=O) groups excluding carboxylic acids is 2. The van der Waals surface area contributed by atoms with E-state index in [-0.39, 0.29) is 37.6 Å². The van der Waals surface area contributed by atoms with E-state index in [0.29, 0.717) is 28.5 Å². The first-order valence-corrected chi connectivity index (χ1v) is 12.9. The molecule has 1 aliphatic heterocycles. The zero-order valence-corrected chi connectivity index (χ0v) is 22.4. The molecule has 0 saturated heterocycles. The van der Waals surface area contributed by atoms with E-state index in [2.05, 4.69) is 0 Å². The van der Waals surface area contributed by atoms with Crippen molar-refractivity contribution in [2.24, 2.45) is 5.10 Å². The van der Waals surface area contributed by atoms with Crippen LogP contribution in [0.5, 0.6) is 11.5 Å². The van der Waals surface area contributed by atoms with Gasteiger partial charge >= 0.3 is 0 Å². The van der Waals surface area contributed by atoms with Crippen LogP contribution in [0.3, 0.4) is 0 Å². The molecule has 1 unspecified atom stereocenters. The molecule has 0 bridgehead atoms. The number of thiophene rings is 1. The second-order valence-corrected chi connectivity index (χ2v) is 9.65. The van der Waals surface area contributed by atoms with Crippen molar-refractivity contribution in [3.05, 3.63) is 81.0 Å². The summed E-state index contributed by atoms with van der Waals surface area (Å²) in [7, 11) is 4.69. The number of benzene rings is 2. The minimum absolute atomic E-state index is 0.182. The molecule has 0 radical (unpaired) electrons. The van der Waals surface area contributed by atoms with E-state index in [4.69, 9.17) is 30.9 Å². The molecule has 1 aliphatic rings. The second-order valence-electron chi connectivity index (χ2n) is 8.30. The van der Waals surface area contributed by atoms with Gasteiger partial charge in [-0.15, -0.1) is 11.3 Å². The van der Waals surface area contributed by atoms with Crippen LogP contribution in [0.2, 0.25) is 5.02 Å². The van der Waals surface area contributed by atoms with Crippen molar-refractivity contribution in [2.45, 2.75) is 12.5 Å². The van der Waals surface area contributed by atoms with E-state index in [0.717, 1.165) is 16.2 Å². The van der Waals surface area contributed by atoms with Crippen LogP contribution < -0.4 is 9.47 Å². The molecule has 10 heteroatoms. The Labute approximate surface area is 225 Å². The molecule has 1 atom stereocenters. The number of methoxy groups -OCH3 is 3. The Bertz CT molecular complexity index is 1280. The summed E-state index contributed by atoms with van der Waals surface area (Å²) in [4.78, 5) is 29.5. The highest BCUT2D eigenvalue weighted by molar-refractivity contribution is 7.12. The summed E-state index contributed by atoms with van der Waals surface area (Å²) in [5, 5.41) is 8.48. The highest BCUT2D eigenvalue weighted by atomic mass is 35.5. The fraction of sp³-hybridized carbons (Fsp3) is 0.296. The molecule has 8 nitrogen and oxygen atoms in total. The average molecular weight is 542 g/mol. The van der Waals surface area contributed by atoms with Crippen molar-refractivity contribution < 1.29 is 23.8 Å². The maximum Gasteiger partial charge on any atom is 0.262 e. The van der Waals surface area contributed by atoms with Gasteiger partial charge in [-0.2, -0.15) is 5.10 Å². The first-order valence-electron chi connectivity index (χ1n) is 11.6. The SMILES string of the molecule is COCCN(CC(=O)N1N=C(c2cccs2)CC1c1ccc(OC)c(OC)c1)C(=O)c1ccccc1Cl. The fourth-order valence-corrected chi connectivity index (χ4v) is 5.08. The standard InChI is InChI=1S/C27H28ClN3O5S/c1-34-13-12-30(27(33)19-7-4-5-8-20(19)28)17-26(32)31-22(16-21(29-31)25-9-6-14-37-25)18-10-11-23(35-2)24(15-18)36-3/h4-11,14-15,22H,12-13,16-17H2,1-3H3. The quantitative estimate of drug-likeness (QED) is 0.365. The number of hydrogen-bond acceptors (Lipinski definition) is 7. The Hall–Kier alpha value is -3.40. The summed E-state index contributed by atoms with van der Waals surface area (Å²) < 4.78 is 16.1. The Morgan fingerprint density at radius 1 is 1.08 bits per heavy atom. The predicted molar refractivity (Wildman–Crippen MR) is 144 cm³/mol. The van der Waals surface area contributed by atoms with Gasteiger partial charge < -0.3 is 19.1 Å². The van der Waals surface area contributed by atoms with E-state index in [1.54, 1.807) is 56.9 Å². The minimum atomic E-state index is -0.371. The number of carbonyl (C=O) groups is 2. The van der Waals surface area contributed by atoms with E-state index in [9.17, 15) is 9.59 Å². The highest BCUT2D eigenvalue weighted by Crippen LogP contribution is 2.38. The Kier molecular flexibility index (Phi) is 8.81. The maximum atomic E-state index is 13.7. The van der Waals surface area contributed by atoms with Crippen LogP contribution in [0.4, 0.5) is 0 Å². The molecule has 0 N–H and O–H groups in total. The molecule has 4 rings (SSSR count). The molecule has 3 aromatic rings. The highest BCUT2D eigenvalue weighted by Gasteiger charge is 2.35. The number of hydrogen-bond donors (Lipinski definition) is 0. The molecule has 0 saturated carbocycles. The van der Waals surface area contributed by atoms with E-state index >= 15 is 0 Å². The summed E-state index contributed by atoms with van der Waals surface area (Å²) in [6.45, 7) is 0.313. The molecule has 0 spiro atoms. The van der Waals surface area contributed by atoms with Gasteiger partial charge in [-0.05, 0) is 41.3 Å². The zero-order chi connectivity index (χ0) is 26.4. The Morgan fingerprint density at radius 2 is 1.86 bits per heavy atom. The van der Waals surface area contributed by atoms with E-state index in [1.807, 2.05) is 35.7 Å². The van der Waals surface area contributed by atoms with Crippen molar-refractivity contribution in [3.63, 3.8) is 0 Å². The summed E-state index contributed by atoms with van der Waals surface area (Å²) in [5.41, 5.74) is 1.99. The van der Waals surface area contributed by atoms with Crippen molar-refractivity contribution in [1.82, 2.24) is 9.91 Å². The molecule has 194 valence electrons. The van der Waals surface area contributed by atoms with Gasteiger partial charge in [0, 0.05) is 20.1 Å². The number of hydrazone groups is 1. The van der Waals surface area contributed by atoms with Crippen LogP contribution in [0.1, 0.15) is 33.3 Å². The third kappa shape index (κ3) is 5.95. The number of rotatable bonds is 10.